The summed E-state index contributed by atoms with van der Waals surface area (Å²) in [5.74, 6) is -0.768. The molecule has 2 atom stereocenters. The molecule has 0 saturated carbocycles. The van der Waals surface area contributed by atoms with Gasteiger partial charge in [0.15, 0.2) is 0 Å². The van der Waals surface area contributed by atoms with Crippen LogP contribution in [0.1, 0.15) is 20.3 Å². The maximum Gasteiger partial charge on any atom is 0.322 e. The molecule has 0 aromatic heterocycles. The molecule has 0 bridgehead atoms. The largest absolute Gasteiger partial charge is 0.468 e. The summed E-state index contributed by atoms with van der Waals surface area (Å²) in [4.78, 5) is 22.2. The minimum absolute atomic E-state index is 0.372. The predicted octanol–water partition coefficient (Wildman–Crippen LogP) is 0.0891. The monoisotopic (exact) mass is 203 g/mol. The van der Waals surface area contributed by atoms with Crippen molar-refractivity contribution < 1.29 is 19.1 Å². The van der Waals surface area contributed by atoms with Crippen molar-refractivity contribution in [2.75, 3.05) is 14.2 Å². The summed E-state index contributed by atoms with van der Waals surface area (Å²) >= 11 is 0. The van der Waals surface area contributed by atoms with Crippen molar-refractivity contribution in [3.05, 3.63) is 0 Å². The van der Waals surface area contributed by atoms with Crippen molar-refractivity contribution in [1.82, 2.24) is 5.32 Å². The van der Waals surface area contributed by atoms with E-state index in [9.17, 15) is 9.59 Å². The number of hydrogen-bond donors (Lipinski definition) is 1. The van der Waals surface area contributed by atoms with Gasteiger partial charge in [0.2, 0.25) is 0 Å². The number of nitrogens with one attached hydrogen (secondary N) is 1. The molecule has 2 unspecified atom stereocenters. The van der Waals surface area contributed by atoms with E-state index in [0.717, 1.165) is 0 Å². The summed E-state index contributed by atoms with van der Waals surface area (Å²) in [6.45, 7) is 3.47. The van der Waals surface area contributed by atoms with Gasteiger partial charge >= 0.3 is 11.9 Å². The summed E-state index contributed by atoms with van der Waals surface area (Å²) in [5, 5.41) is 2.82. The third-order valence-corrected chi connectivity index (χ3v) is 1.90. The van der Waals surface area contributed by atoms with Gasteiger partial charge in [-0.25, -0.2) is 0 Å². The zero-order valence-corrected chi connectivity index (χ0v) is 8.99. The lowest BCUT2D eigenvalue weighted by Crippen LogP contribution is -2.46. The van der Waals surface area contributed by atoms with E-state index in [1.807, 2.05) is 6.92 Å². The minimum atomic E-state index is -0.510. The van der Waals surface area contributed by atoms with Crippen LogP contribution in [-0.2, 0) is 19.1 Å². The zero-order chi connectivity index (χ0) is 11.1. The van der Waals surface area contributed by atoms with Crippen LogP contribution in [0.3, 0.4) is 0 Å². The minimum Gasteiger partial charge on any atom is -0.468 e. The summed E-state index contributed by atoms with van der Waals surface area (Å²) in [7, 11) is 2.62. The standard InChI is InChI=1S/C9H17NO4/c1-5-7(9(12)14-4)10-6(2)8(11)13-3/h6-7,10H,5H2,1-4H3. The Balaban J connectivity index is 4.17. The van der Waals surface area contributed by atoms with Gasteiger partial charge in [-0.3, -0.25) is 14.9 Å². The molecule has 0 saturated heterocycles. The number of carbonyl (C=O) groups excluding carboxylic acids is 2. The van der Waals surface area contributed by atoms with E-state index < -0.39 is 18.1 Å². The first kappa shape index (κ1) is 12.9. The van der Waals surface area contributed by atoms with E-state index in [2.05, 4.69) is 14.8 Å². The molecule has 0 radical (unpaired) electrons. The van der Waals surface area contributed by atoms with Gasteiger partial charge in [0, 0.05) is 0 Å². The molecule has 0 rings (SSSR count). The molecule has 82 valence electrons. The molecule has 0 heterocycles. The fraction of sp³-hybridized carbons (Fsp3) is 0.778. The Kier molecular flexibility index (Phi) is 5.87. The van der Waals surface area contributed by atoms with Gasteiger partial charge < -0.3 is 9.47 Å². The van der Waals surface area contributed by atoms with Crippen LogP contribution in [0.15, 0.2) is 0 Å². The Hall–Kier alpha value is -1.10. The highest BCUT2D eigenvalue weighted by molar-refractivity contribution is 5.79. The molecule has 0 aliphatic carbocycles. The molecule has 5 heteroatoms. The first-order valence-electron chi connectivity index (χ1n) is 4.48. The highest BCUT2D eigenvalue weighted by atomic mass is 16.5. The van der Waals surface area contributed by atoms with Crippen molar-refractivity contribution >= 4 is 11.9 Å². The van der Waals surface area contributed by atoms with E-state index >= 15 is 0 Å². The molecular formula is C9H17NO4. The van der Waals surface area contributed by atoms with Crippen LogP contribution in [0.5, 0.6) is 0 Å². The van der Waals surface area contributed by atoms with Crippen molar-refractivity contribution in [3.63, 3.8) is 0 Å². The Morgan fingerprint density at radius 2 is 1.71 bits per heavy atom. The van der Waals surface area contributed by atoms with E-state index in [4.69, 9.17) is 0 Å². The Bertz CT molecular complexity index is 205. The Labute approximate surface area is 83.8 Å². The number of methoxy groups -OCH3 is 2. The molecule has 0 amide bonds. The molecule has 0 aromatic rings. The molecule has 5 nitrogen and oxygen atoms in total. The van der Waals surface area contributed by atoms with Crippen LogP contribution in [-0.4, -0.2) is 38.2 Å². The quantitative estimate of drug-likeness (QED) is 0.641. The average Bonchev–Trinajstić information content (AvgIpc) is 2.22. The molecule has 0 aromatic carbocycles. The lowest BCUT2D eigenvalue weighted by Gasteiger charge is -2.18. The average molecular weight is 203 g/mol. The van der Waals surface area contributed by atoms with Crippen LogP contribution >= 0.6 is 0 Å². The molecule has 0 spiro atoms. The second kappa shape index (κ2) is 6.37. The van der Waals surface area contributed by atoms with Gasteiger partial charge in [-0.1, -0.05) is 6.92 Å². The van der Waals surface area contributed by atoms with Gasteiger partial charge in [0.1, 0.15) is 12.1 Å². The molecule has 0 fully saturated rings. The van der Waals surface area contributed by atoms with Crippen LogP contribution in [0.2, 0.25) is 0 Å². The normalized spacial score (nSPS) is 14.3. The van der Waals surface area contributed by atoms with Gasteiger partial charge in [0.05, 0.1) is 14.2 Å². The van der Waals surface area contributed by atoms with Crippen molar-refractivity contribution in [2.24, 2.45) is 0 Å². The third-order valence-electron chi connectivity index (χ3n) is 1.90. The van der Waals surface area contributed by atoms with Crippen LogP contribution < -0.4 is 5.32 Å². The number of rotatable bonds is 5. The van der Waals surface area contributed by atoms with Crippen molar-refractivity contribution in [1.29, 1.82) is 0 Å². The number of esters is 2. The summed E-state index contributed by atoms with van der Waals surface area (Å²) in [6.07, 6.45) is 0.563. The second-order valence-electron chi connectivity index (χ2n) is 2.90. The topological polar surface area (TPSA) is 64.6 Å². The summed E-state index contributed by atoms with van der Waals surface area (Å²) < 4.78 is 9.08. The fourth-order valence-electron chi connectivity index (χ4n) is 1.04. The maximum atomic E-state index is 11.2. The summed E-state index contributed by atoms with van der Waals surface area (Å²) in [5.41, 5.74) is 0. The lowest BCUT2D eigenvalue weighted by molar-refractivity contribution is -0.146. The third kappa shape index (κ3) is 3.74. The molecule has 1 N–H and O–H groups in total. The lowest BCUT2D eigenvalue weighted by atomic mass is 10.2. The predicted molar refractivity (Wildman–Crippen MR) is 50.7 cm³/mol. The first-order chi connectivity index (χ1) is 6.56. The van der Waals surface area contributed by atoms with Crippen LogP contribution in [0.25, 0.3) is 0 Å². The molecule has 14 heavy (non-hydrogen) atoms. The molecular weight excluding hydrogens is 186 g/mol. The second-order valence-corrected chi connectivity index (χ2v) is 2.90. The van der Waals surface area contributed by atoms with Crippen LogP contribution in [0.4, 0.5) is 0 Å². The van der Waals surface area contributed by atoms with Gasteiger partial charge in [0.25, 0.3) is 0 Å². The van der Waals surface area contributed by atoms with Gasteiger partial charge in [-0.2, -0.15) is 0 Å². The summed E-state index contributed by atoms with van der Waals surface area (Å²) in [6, 6.07) is -0.974. The van der Waals surface area contributed by atoms with Crippen molar-refractivity contribution in [3.8, 4) is 0 Å². The SMILES string of the molecule is CCC(NC(C)C(=O)OC)C(=O)OC. The number of carbonyl (C=O) groups is 2. The Morgan fingerprint density at radius 3 is 2.07 bits per heavy atom. The Morgan fingerprint density at radius 1 is 1.21 bits per heavy atom. The van der Waals surface area contributed by atoms with E-state index in [0.29, 0.717) is 6.42 Å². The number of ether oxygens (including phenoxy) is 2. The number of hydrogen-bond acceptors (Lipinski definition) is 5. The van der Waals surface area contributed by atoms with E-state index in [1.54, 1.807) is 6.92 Å². The molecule has 0 aliphatic heterocycles. The smallest absolute Gasteiger partial charge is 0.322 e. The van der Waals surface area contributed by atoms with Crippen molar-refractivity contribution in [2.45, 2.75) is 32.4 Å². The van der Waals surface area contributed by atoms with Gasteiger partial charge in [-0.05, 0) is 13.3 Å². The van der Waals surface area contributed by atoms with E-state index in [-0.39, 0.29) is 5.97 Å². The molecule has 0 aliphatic rings. The van der Waals surface area contributed by atoms with E-state index in [1.165, 1.54) is 14.2 Å². The highest BCUT2D eigenvalue weighted by Crippen LogP contribution is 1.97. The van der Waals surface area contributed by atoms with Crippen LogP contribution in [0, 0.1) is 0 Å². The maximum absolute atomic E-state index is 11.2. The zero-order valence-electron chi connectivity index (χ0n) is 8.99. The highest BCUT2D eigenvalue weighted by Gasteiger charge is 2.22. The first-order valence-corrected chi connectivity index (χ1v) is 4.48. The van der Waals surface area contributed by atoms with Gasteiger partial charge in [-0.15, -0.1) is 0 Å². The fourth-order valence-corrected chi connectivity index (χ4v) is 1.04.